The van der Waals surface area contributed by atoms with Crippen LogP contribution in [-0.2, 0) is 21.4 Å². The summed E-state index contributed by atoms with van der Waals surface area (Å²) in [6.45, 7) is 0.493. The fourth-order valence-electron chi connectivity index (χ4n) is 4.01. The molecular formula is C23H21ClN2O4. The molecule has 4 rings (SSSR count). The highest BCUT2D eigenvalue weighted by molar-refractivity contribution is 6.46. The smallest absolute Gasteiger partial charge is 0.295 e. The number of rotatable bonds is 5. The summed E-state index contributed by atoms with van der Waals surface area (Å²) in [5.41, 5.74) is 2.17. The molecule has 0 bridgehead atoms. The molecule has 1 unspecified atom stereocenters. The van der Waals surface area contributed by atoms with E-state index in [9.17, 15) is 14.7 Å². The van der Waals surface area contributed by atoms with Crippen LogP contribution >= 0.6 is 11.6 Å². The average molecular weight is 425 g/mol. The second kappa shape index (κ2) is 7.97. The molecule has 2 heterocycles. The molecule has 2 aromatic carbocycles. The molecule has 0 spiro atoms. The molecule has 1 aliphatic rings. The Hall–Kier alpha value is -3.09. The zero-order chi connectivity index (χ0) is 21.4. The first-order valence-electron chi connectivity index (χ1n) is 9.51. The number of Topliss-reactive ketones (excluding diaryl/α,β-unsaturated/α-hetero) is 1. The fourth-order valence-corrected chi connectivity index (χ4v) is 4.20. The Morgan fingerprint density at radius 3 is 2.67 bits per heavy atom. The summed E-state index contributed by atoms with van der Waals surface area (Å²) in [4.78, 5) is 27.4. The summed E-state index contributed by atoms with van der Waals surface area (Å²) in [6, 6.07) is 13.6. The van der Waals surface area contributed by atoms with E-state index >= 15 is 0 Å². The van der Waals surface area contributed by atoms with Crippen LogP contribution in [0.4, 0.5) is 0 Å². The molecule has 30 heavy (non-hydrogen) atoms. The first-order valence-corrected chi connectivity index (χ1v) is 9.89. The normalized spacial score (nSPS) is 18.5. The number of ketones is 1. The van der Waals surface area contributed by atoms with Crippen molar-refractivity contribution in [2.45, 2.75) is 6.04 Å². The molecule has 1 fully saturated rings. The Kier molecular flexibility index (Phi) is 5.37. The number of nitrogens with zero attached hydrogens (tertiary/aromatic N) is 2. The molecule has 0 radical (unpaired) electrons. The Morgan fingerprint density at radius 1 is 1.17 bits per heavy atom. The van der Waals surface area contributed by atoms with Gasteiger partial charge in [0.25, 0.3) is 11.7 Å². The first-order chi connectivity index (χ1) is 14.4. The van der Waals surface area contributed by atoms with Gasteiger partial charge in [-0.15, -0.1) is 0 Å². The summed E-state index contributed by atoms with van der Waals surface area (Å²) in [5.74, 6) is -1.62. The number of halogens is 1. The van der Waals surface area contributed by atoms with Crippen LogP contribution in [0.3, 0.4) is 0 Å². The van der Waals surface area contributed by atoms with Crippen LogP contribution in [0, 0.1) is 0 Å². The lowest BCUT2D eigenvalue weighted by Crippen LogP contribution is -2.32. The number of hydrogen-bond acceptors (Lipinski definition) is 4. The maximum Gasteiger partial charge on any atom is 0.295 e. The first kappa shape index (κ1) is 20.2. The quantitative estimate of drug-likeness (QED) is 0.383. The highest BCUT2D eigenvalue weighted by atomic mass is 35.5. The van der Waals surface area contributed by atoms with Gasteiger partial charge >= 0.3 is 0 Å². The van der Waals surface area contributed by atoms with E-state index in [1.54, 1.807) is 24.3 Å². The number of likely N-dealkylation sites (tertiary alicyclic amines) is 1. The van der Waals surface area contributed by atoms with E-state index in [0.717, 1.165) is 16.5 Å². The number of fused-ring (bicyclic) bond motifs is 1. The van der Waals surface area contributed by atoms with E-state index in [1.807, 2.05) is 42.1 Å². The minimum absolute atomic E-state index is 0.0507. The van der Waals surface area contributed by atoms with Crippen molar-refractivity contribution in [1.29, 1.82) is 0 Å². The summed E-state index contributed by atoms with van der Waals surface area (Å²) < 4.78 is 7.10. The molecule has 1 amide bonds. The monoisotopic (exact) mass is 424 g/mol. The van der Waals surface area contributed by atoms with E-state index in [4.69, 9.17) is 16.3 Å². The maximum absolute atomic E-state index is 13.0. The lowest BCUT2D eigenvalue weighted by Gasteiger charge is -2.24. The molecule has 1 aliphatic heterocycles. The van der Waals surface area contributed by atoms with E-state index in [1.165, 1.54) is 12.0 Å². The van der Waals surface area contributed by atoms with Gasteiger partial charge in [0.1, 0.15) is 5.76 Å². The van der Waals surface area contributed by atoms with Crippen molar-refractivity contribution >= 4 is 40.0 Å². The number of benzene rings is 2. The zero-order valence-corrected chi connectivity index (χ0v) is 17.4. The summed E-state index contributed by atoms with van der Waals surface area (Å²) in [6.07, 6.45) is 1.90. The number of amides is 1. The van der Waals surface area contributed by atoms with Gasteiger partial charge < -0.3 is 19.3 Å². The SMILES string of the molecule is COCCN1C(=O)C(=O)/C(=C(/O)c2cccc(Cl)c2)C1c1cn(C)c2ccccc12. The van der Waals surface area contributed by atoms with Crippen molar-refractivity contribution in [2.75, 3.05) is 20.3 Å². The van der Waals surface area contributed by atoms with Gasteiger partial charge in [0.2, 0.25) is 0 Å². The number of ether oxygens (including phenoxy) is 1. The molecule has 1 atom stereocenters. The molecule has 1 N–H and O–H groups in total. The summed E-state index contributed by atoms with van der Waals surface area (Å²) in [5, 5.41) is 12.4. The van der Waals surface area contributed by atoms with E-state index in [-0.39, 0.29) is 24.5 Å². The lowest BCUT2D eigenvalue weighted by atomic mass is 9.95. The summed E-state index contributed by atoms with van der Waals surface area (Å²) >= 11 is 6.08. The number of aromatic nitrogens is 1. The van der Waals surface area contributed by atoms with Gasteiger partial charge in [-0.05, 0) is 18.2 Å². The minimum Gasteiger partial charge on any atom is -0.507 e. The van der Waals surface area contributed by atoms with Crippen molar-refractivity contribution in [1.82, 2.24) is 9.47 Å². The van der Waals surface area contributed by atoms with Crippen molar-refractivity contribution in [3.05, 3.63) is 76.5 Å². The number of aliphatic hydroxyl groups excluding tert-OH is 1. The van der Waals surface area contributed by atoms with Crippen molar-refractivity contribution < 1.29 is 19.4 Å². The number of carbonyl (C=O) groups is 2. The number of aliphatic hydroxyl groups is 1. The molecule has 7 heteroatoms. The van der Waals surface area contributed by atoms with Crippen LogP contribution < -0.4 is 0 Å². The van der Waals surface area contributed by atoms with Gasteiger partial charge in [0.05, 0.1) is 18.2 Å². The van der Waals surface area contributed by atoms with Crippen LogP contribution in [0.15, 0.2) is 60.3 Å². The van der Waals surface area contributed by atoms with Gasteiger partial charge in [0.15, 0.2) is 0 Å². The third kappa shape index (κ3) is 3.28. The average Bonchev–Trinajstić information content (AvgIpc) is 3.20. The zero-order valence-electron chi connectivity index (χ0n) is 16.6. The molecule has 1 aromatic heterocycles. The topological polar surface area (TPSA) is 71.8 Å². The Morgan fingerprint density at radius 2 is 1.93 bits per heavy atom. The third-order valence-electron chi connectivity index (χ3n) is 5.40. The van der Waals surface area contributed by atoms with Crippen LogP contribution in [0.1, 0.15) is 17.2 Å². The summed E-state index contributed by atoms with van der Waals surface area (Å²) in [7, 11) is 3.44. The highest BCUT2D eigenvalue weighted by Crippen LogP contribution is 2.42. The molecule has 0 aliphatic carbocycles. The Balaban J connectivity index is 1.96. The second-order valence-corrected chi connectivity index (χ2v) is 7.64. The molecule has 1 saturated heterocycles. The highest BCUT2D eigenvalue weighted by Gasteiger charge is 2.46. The Bertz CT molecular complexity index is 1180. The molecule has 154 valence electrons. The number of methoxy groups -OCH3 is 1. The Labute approximate surface area is 178 Å². The van der Waals surface area contributed by atoms with E-state index in [2.05, 4.69) is 0 Å². The predicted octanol–water partition coefficient (Wildman–Crippen LogP) is 3.90. The van der Waals surface area contributed by atoms with Crippen molar-refractivity contribution in [3.8, 4) is 0 Å². The molecule has 6 nitrogen and oxygen atoms in total. The van der Waals surface area contributed by atoms with Gasteiger partial charge in [-0.2, -0.15) is 0 Å². The number of aryl methyl sites for hydroxylation is 1. The van der Waals surface area contributed by atoms with Crippen LogP contribution in [0.5, 0.6) is 0 Å². The van der Waals surface area contributed by atoms with Crippen LogP contribution in [-0.4, -0.2) is 46.5 Å². The van der Waals surface area contributed by atoms with Crippen molar-refractivity contribution in [3.63, 3.8) is 0 Å². The number of hydrogen-bond donors (Lipinski definition) is 1. The maximum atomic E-state index is 13.0. The van der Waals surface area contributed by atoms with Gasteiger partial charge in [-0.25, -0.2) is 0 Å². The van der Waals surface area contributed by atoms with Gasteiger partial charge in [-0.3, -0.25) is 9.59 Å². The number of carbonyl (C=O) groups excluding carboxylic acids is 2. The van der Waals surface area contributed by atoms with Crippen LogP contribution in [0.25, 0.3) is 16.7 Å². The van der Waals surface area contributed by atoms with E-state index in [0.29, 0.717) is 10.6 Å². The van der Waals surface area contributed by atoms with Gasteiger partial charge in [0, 0.05) is 54.0 Å². The number of para-hydroxylation sites is 1. The molecule has 0 saturated carbocycles. The largest absolute Gasteiger partial charge is 0.507 e. The van der Waals surface area contributed by atoms with Crippen molar-refractivity contribution in [2.24, 2.45) is 7.05 Å². The molecular weight excluding hydrogens is 404 g/mol. The molecule has 3 aromatic rings. The third-order valence-corrected chi connectivity index (χ3v) is 5.63. The van der Waals surface area contributed by atoms with Crippen LogP contribution in [0.2, 0.25) is 5.02 Å². The second-order valence-electron chi connectivity index (χ2n) is 7.21. The fraction of sp³-hybridized carbons (Fsp3) is 0.217. The van der Waals surface area contributed by atoms with Gasteiger partial charge in [-0.1, -0.05) is 41.9 Å². The predicted molar refractivity (Wildman–Crippen MR) is 115 cm³/mol. The van der Waals surface area contributed by atoms with E-state index < -0.39 is 17.7 Å². The lowest BCUT2D eigenvalue weighted by molar-refractivity contribution is -0.140. The minimum atomic E-state index is -0.731. The standard InChI is InChI=1S/C23H21ClN2O4/c1-25-13-17(16-8-3-4-9-18(16)25)20-19(21(27)14-6-5-7-15(24)12-14)22(28)23(29)26(20)10-11-30-2/h3-9,12-13,20,27H,10-11H2,1-2H3/b21-19+.